The zero-order chi connectivity index (χ0) is 24.6. The number of para-hydroxylation sites is 1. The van der Waals surface area contributed by atoms with Gasteiger partial charge in [-0.2, -0.15) is 0 Å². The van der Waals surface area contributed by atoms with E-state index in [0.29, 0.717) is 23.8 Å². The van der Waals surface area contributed by atoms with Crippen LogP contribution in [0.25, 0.3) is 11.5 Å². The molecule has 0 bridgehead atoms. The van der Waals surface area contributed by atoms with Gasteiger partial charge in [-0.05, 0) is 74.7 Å². The van der Waals surface area contributed by atoms with Gasteiger partial charge < -0.3 is 9.73 Å². The van der Waals surface area contributed by atoms with Gasteiger partial charge in [-0.25, -0.2) is 13.4 Å². The van der Waals surface area contributed by atoms with Gasteiger partial charge in [-0.15, -0.1) is 0 Å². The highest BCUT2D eigenvalue weighted by Crippen LogP contribution is 2.32. The van der Waals surface area contributed by atoms with Crippen LogP contribution in [0.5, 0.6) is 0 Å². The highest BCUT2D eigenvalue weighted by Gasteiger charge is 2.29. The van der Waals surface area contributed by atoms with E-state index < -0.39 is 15.9 Å². The van der Waals surface area contributed by atoms with Crippen molar-refractivity contribution in [1.29, 1.82) is 0 Å². The van der Waals surface area contributed by atoms with E-state index >= 15 is 0 Å². The fourth-order valence-electron chi connectivity index (χ4n) is 4.20. The minimum absolute atomic E-state index is 0.0846. The van der Waals surface area contributed by atoms with E-state index in [0.717, 1.165) is 35.4 Å². The van der Waals surface area contributed by atoms with Crippen molar-refractivity contribution in [3.63, 3.8) is 0 Å². The van der Waals surface area contributed by atoms with Crippen molar-refractivity contribution < 1.29 is 17.6 Å². The normalized spacial score (nSPS) is 13.4. The lowest BCUT2D eigenvalue weighted by molar-refractivity contribution is 0.102. The number of carbonyl (C=O) groups is 1. The van der Waals surface area contributed by atoms with Crippen LogP contribution in [0, 0.1) is 13.8 Å². The number of rotatable bonds is 5. The highest BCUT2D eigenvalue weighted by atomic mass is 32.2. The molecule has 0 saturated carbocycles. The molecule has 0 atom stereocenters. The van der Waals surface area contributed by atoms with Crippen LogP contribution in [0.2, 0.25) is 0 Å². The lowest BCUT2D eigenvalue weighted by Gasteiger charge is -2.30. The largest absolute Gasteiger partial charge is 0.441 e. The summed E-state index contributed by atoms with van der Waals surface area (Å²) in [6, 6.07) is 20.9. The van der Waals surface area contributed by atoms with Crippen LogP contribution in [0.1, 0.15) is 33.8 Å². The Balaban J connectivity index is 1.40. The van der Waals surface area contributed by atoms with Crippen LogP contribution >= 0.6 is 0 Å². The molecule has 0 saturated heterocycles. The average molecular weight is 488 g/mol. The number of fused-ring (bicyclic) bond motifs is 1. The maximum absolute atomic E-state index is 13.5. The highest BCUT2D eigenvalue weighted by molar-refractivity contribution is 7.92. The molecule has 3 aromatic carbocycles. The fourth-order valence-corrected chi connectivity index (χ4v) is 5.79. The van der Waals surface area contributed by atoms with E-state index in [-0.39, 0.29) is 10.5 Å². The van der Waals surface area contributed by atoms with Gasteiger partial charge in [0.2, 0.25) is 5.89 Å². The van der Waals surface area contributed by atoms with Crippen molar-refractivity contribution in [3.05, 3.63) is 95.4 Å². The van der Waals surface area contributed by atoms with E-state index in [1.807, 2.05) is 44.2 Å². The third-order valence-electron chi connectivity index (χ3n) is 6.15. The van der Waals surface area contributed by atoms with Crippen LogP contribution in [-0.4, -0.2) is 25.9 Å². The van der Waals surface area contributed by atoms with E-state index in [1.165, 1.54) is 16.4 Å². The van der Waals surface area contributed by atoms with Crippen LogP contribution in [0.3, 0.4) is 0 Å². The number of hydrogen-bond donors (Lipinski definition) is 1. The second-order valence-electron chi connectivity index (χ2n) is 8.53. The van der Waals surface area contributed by atoms with Crippen LogP contribution < -0.4 is 9.62 Å². The predicted molar refractivity (Wildman–Crippen MR) is 135 cm³/mol. The first kappa shape index (κ1) is 22.9. The van der Waals surface area contributed by atoms with Gasteiger partial charge in [-0.1, -0.05) is 30.3 Å². The molecule has 0 spiro atoms. The number of amides is 1. The number of hydrogen-bond acceptors (Lipinski definition) is 5. The summed E-state index contributed by atoms with van der Waals surface area (Å²) in [5.41, 5.74) is 4.06. The van der Waals surface area contributed by atoms with Gasteiger partial charge in [0, 0.05) is 23.4 Å². The molecule has 7 nitrogen and oxygen atoms in total. The Bertz CT molecular complexity index is 1510. The summed E-state index contributed by atoms with van der Waals surface area (Å²) < 4.78 is 34.1. The molecule has 1 amide bonds. The fraction of sp³-hybridized carbons (Fsp3) is 0.185. The first-order valence-corrected chi connectivity index (χ1v) is 12.8. The second-order valence-corrected chi connectivity index (χ2v) is 10.4. The molecule has 1 aromatic heterocycles. The molecular formula is C27H25N3O4S. The number of nitrogens with zero attached hydrogens (tertiary/aromatic N) is 2. The topological polar surface area (TPSA) is 92.5 Å². The first-order valence-electron chi connectivity index (χ1n) is 11.4. The predicted octanol–water partition coefficient (Wildman–Crippen LogP) is 5.35. The van der Waals surface area contributed by atoms with Crippen LogP contribution in [0.15, 0.2) is 82.1 Å². The molecule has 1 aliphatic rings. The van der Waals surface area contributed by atoms with Gasteiger partial charge in [0.1, 0.15) is 5.76 Å². The van der Waals surface area contributed by atoms with Gasteiger partial charge in [0.25, 0.3) is 15.9 Å². The molecule has 0 fully saturated rings. The molecule has 1 aliphatic heterocycles. The summed E-state index contributed by atoms with van der Waals surface area (Å²) in [4.78, 5) is 17.5. The average Bonchev–Trinajstić information content (AvgIpc) is 3.22. The number of sulfonamides is 1. The lowest BCUT2D eigenvalue weighted by atomic mass is 10.0. The van der Waals surface area contributed by atoms with E-state index in [4.69, 9.17) is 4.42 Å². The number of aromatic nitrogens is 1. The Morgan fingerprint density at radius 1 is 1.00 bits per heavy atom. The number of oxazole rings is 1. The molecule has 178 valence electrons. The van der Waals surface area contributed by atoms with Crippen molar-refractivity contribution in [2.24, 2.45) is 0 Å². The molecule has 8 heteroatoms. The van der Waals surface area contributed by atoms with Gasteiger partial charge >= 0.3 is 0 Å². The molecule has 0 aliphatic carbocycles. The lowest BCUT2D eigenvalue weighted by Crippen LogP contribution is -2.35. The van der Waals surface area contributed by atoms with Crippen LogP contribution in [-0.2, 0) is 16.4 Å². The number of aryl methyl sites for hydroxylation is 3. The third-order valence-corrected chi connectivity index (χ3v) is 7.96. The van der Waals surface area contributed by atoms with E-state index in [9.17, 15) is 13.2 Å². The quantitative estimate of drug-likeness (QED) is 0.410. The van der Waals surface area contributed by atoms with E-state index in [2.05, 4.69) is 10.3 Å². The molecule has 2 heterocycles. The maximum Gasteiger partial charge on any atom is 0.264 e. The molecule has 0 unspecified atom stereocenters. The Kier molecular flexibility index (Phi) is 5.90. The SMILES string of the molecule is Cc1nc(-c2cccc(NC(=O)c3cccc(S(=O)(=O)N4CCCc5ccccc54)c3)c2)oc1C. The standard InChI is InChI=1S/C27H25N3O4S/c1-18-19(2)34-27(28-18)22-10-5-12-23(16-22)29-26(31)21-9-6-13-24(17-21)35(32,33)30-15-7-11-20-8-3-4-14-25(20)30/h3-6,8-10,12-14,16-17H,7,11,15H2,1-2H3,(H,29,31). The van der Waals surface area contributed by atoms with Gasteiger partial charge in [0.15, 0.2) is 0 Å². The Hall–Kier alpha value is -3.91. The molecule has 4 aromatic rings. The smallest absolute Gasteiger partial charge is 0.264 e. The summed E-state index contributed by atoms with van der Waals surface area (Å²) in [5, 5.41) is 2.85. The van der Waals surface area contributed by atoms with E-state index in [1.54, 1.807) is 30.3 Å². The summed E-state index contributed by atoms with van der Waals surface area (Å²) in [5.74, 6) is 0.813. The number of carbonyl (C=O) groups excluding carboxylic acids is 1. The van der Waals surface area contributed by atoms with Crippen molar-refractivity contribution in [2.75, 3.05) is 16.2 Å². The minimum atomic E-state index is -3.82. The zero-order valence-corrected chi connectivity index (χ0v) is 20.3. The molecule has 0 radical (unpaired) electrons. The minimum Gasteiger partial charge on any atom is -0.441 e. The first-order chi connectivity index (χ1) is 16.8. The van der Waals surface area contributed by atoms with Crippen molar-refractivity contribution in [2.45, 2.75) is 31.6 Å². The molecule has 35 heavy (non-hydrogen) atoms. The Labute approximate surface area is 204 Å². The molecular weight excluding hydrogens is 462 g/mol. The van der Waals surface area contributed by atoms with Gasteiger partial charge in [0.05, 0.1) is 16.3 Å². The van der Waals surface area contributed by atoms with Crippen molar-refractivity contribution in [3.8, 4) is 11.5 Å². The zero-order valence-electron chi connectivity index (χ0n) is 19.5. The maximum atomic E-state index is 13.5. The summed E-state index contributed by atoms with van der Waals surface area (Å²) in [7, 11) is -3.82. The summed E-state index contributed by atoms with van der Waals surface area (Å²) in [6.07, 6.45) is 1.59. The third kappa shape index (κ3) is 4.44. The van der Waals surface area contributed by atoms with Crippen LogP contribution in [0.4, 0.5) is 11.4 Å². The Morgan fingerprint density at radius 2 is 1.80 bits per heavy atom. The summed E-state index contributed by atoms with van der Waals surface area (Å²) in [6.45, 7) is 4.13. The Morgan fingerprint density at radius 3 is 2.60 bits per heavy atom. The monoisotopic (exact) mass is 487 g/mol. The van der Waals surface area contributed by atoms with Gasteiger partial charge in [-0.3, -0.25) is 9.10 Å². The second kappa shape index (κ2) is 9.03. The van der Waals surface area contributed by atoms with Crippen molar-refractivity contribution >= 4 is 27.3 Å². The summed E-state index contributed by atoms with van der Waals surface area (Å²) >= 11 is 0. The molecule has 1 N–H and O–H groups in total. The number of benzene rings is 3. The number of anilines is 2. The number of nitrogens with one attached hydrogen (secondary N) is 1. The molecule has 5 rings (SSSR count). The van der Waals surface area contributed by atoms with Crippen molar-refractivity contribution in [1.82, 2.24) is 4.98 Å².